The van der Waals surface area contributed by atoms with Crippen molar-refractivity contribution in [2.45, 2.75) is 64.0 Å². The fourth-order valence-electron chi connectivity index (χ4n) is 4.86. The molecule has 4 heterocycles. The van der Waals surface area contributed by atoms with Gasteiger partial charge in [-0.25, -0.2) is 0 Å². The van der Waals surface area contributed by atoms with Crippen LogP contribution in [0, 0.1) is 5.92 Å². The number of hydrogen-bond acceptors (Lipinski definition) is 4. The van der Waals surface area contributed by atoms with Crippen LogP contribution in [-0.4, -0.2) is 69.8 Å². The third-order valence-electron chi connectivity index (χ3n) is 6.76. The topological polar surface area (TPSA) is 67.7 Å². The minimum absolute atomic E-state index is 0.0277. The average molecular weight is 389 g/mol. The maximum atomic E-state index is 13.0. The molecular formula is C21H32N4O3. The van der Waals surface area contributed by atoms with Crippen molar-refractivity contribution in [3.63, 3.8) is 0 Å². The summed E-state index contributed by atoms with van der Waals surface area (Å²) in [4.78, 5) is 29.5. The number of nitrogens with zero attached hydrogens (tertiary/aromatic N) is 4. The molecule has 0 saturated carbocycles. The highest BCUT2D eigenvalue weighted by molar-refractivity contribution is 5.94. The first kappa shape index (κ1) is 19.4. The fraction of sp³-hybridized carbons (Fsp3) is 0.762. The van der Waals surface area contributed by atoms with Crippen molar-refractivity contribution in [2.24, 2.45) is 5.92 Å². The molecule has 3 fully saturated rings. The van der Waals surface area contributed by atoms with Crippen molar-refractivity contribution >= 4 is 11.8 Å². The van der Waals surface area contributed by atoms with E-state index < -0.39 is 0 Å². The number of carbonyl (C=O) groups is 2. The summed E-state index contributed by atoms with van der Waals surface area (Å²) < 4.78 is 7.85. The zero-order valence-electron chi connectivity index (χ0n) is 16.9. The van der Waals surface area contributed by atoms with E-state index in [4.69, 9.17) is 4.74 Å². The van der Waals surface area contributed by atoms with Crippen LogP contribution in [0.5, 0.6) is 0 Å². The summed E-state index contributed by atoms with van der Waals surface area (Å²) in [7, 11) is 0. The van der Waals surface area contributed by atoms with E-state index in [1.54, 1.807) is 17.1 Å². The number of amides is 2. The van der Waals surface area contributed by atoms with E-state index in [-0.39, 0.29) is 23.3 Å². The lowest BCUT2D eigenvalue weighted by Crippen LogP contribution is -2.51. The monoisotopic (exact) mass is 388 g/mol. The molecule has 0 aromatic carbocycles. The van der Waals surface area contributed by atoms with Gasteiger partial charge in [-0.05, 0) is 51.9 Å². The summed E-state index contributed by atoms with van der Waals surface area (Å²) >= 11 is 0. The Bertz CT molecular complexity index is 692. The Kier molecular flexibility index (Phi) is 5.71. The van der Waals surface area contributed by atoms with Crippen LogP contribution < -0.4 is 0 Å². The van der Waals surface area contributed by atoms with Gasteiger partial charge in [-0.2, -0.15) is 5.10 Å². The molecule has 4 rings (SSSR count). The van der Waals surface area contributed by atoms with Crippen molar-refractivity contribution in [1.82, 2.24) is 19.6 Å². The minimum atomic E-state index is 0.0277. The van der Waals surface area contributed by atoms with Gasteiger partial charge in [0.2, 0.25) is 5.91 Å². The van der Waals surface area contributed by atoms with Gasteiger partial charge in [0.1, 0.15) is 0 Å². The van der Waals surface area contributed by atoms with E-state index >= 15 is 0 Å². The van der Waals surface area contributed by atoms with E-state index in [0.29, 0.717) is 18.7 Å². The van der Waals surface area contributed by atoms with Gasteiger partial charge in [0.25, 0.3) is 5.91 Å². The Labute approximate surface area is 167 Å². The second-order valence-corrected chi connectivity index (χ2v) is 8.47. The molecular weight excluding hydrogens is 356 g/mol. The normalized spacial score (nSPS) is 23.2. The van der Waals surface area contributed by atoms with Crippen LogP contribution in [0.25, 0.3) is 0 Å². The molecule has 1 aromatic heterocycles. The van der Waals surface area contributed by atoms with Crippen molar-refractivity contribution in [3.05, 3.63) is 18.0 Å². The van der Waals surface area contributed by atoms with Gasteiger partial charge < -0.3 is 14.5 Å². The third-order valence-corrected chi connectivity index (χ3v) is 6.76. The zero-order valence-corrected chi connectivity index (χ0v) is 16.9. The lowest BCUT2D eigenvalue weighted by atomic mass is 9.84. The second kappa shape index (κ2) is 8.23. The van der Waals surface area contributed by atoms with Crippen molar-refractivity contribution in [2.75, 3.05) is 32.8 Å². The number of ether oxygens (including phenoxy) is 1. The van der Waals surface area contributed by atoms with Gasteiger partial charge in [-0.1, -0.05) is 0 Å². The number of carbonyl (C=O) groups excluding carboxylic acids is 2. The molecule has 0 N–H and O–H groups in total. The lowest BCUT2D eigenvalue weighted by molar-refractivity contribution is -0.147. The highest BCUT2D eigenvalue weighted by atomic mass is 16.5. The highest BCUT2D eigenvalue weighted by Gasteiger charge is 2.39. The summed E-state index contributed by atoms with van der Waals surface area (Å²) in [6.07, 6.45) is 10.4. The summed E-state index contributed by atoms with van der Waals surface area (Å²) in [6.45, 7) is 6.55. The number of piperidine rings is 2. The van der Waals surface area contributed by atoms with Gasteiger partial charge in [-0.15, -0.1) is 0 Å². The Morgan fingerprint density at radius 2 is 1.86 bits per heavy atom. The number of hydrogen-bond donors (Lipinski definition) is 0. The maximum absolute atomic E-state index is 13.0. The third kappa shape index (κ3) is 3.95. The number of aryl methyl sites for hydroxylation is 1. The summed E-state index contributed by atoms with van der Waals surface area (Å²) in [5, 5.41) is 4.19. The van der Waals surface area contributed by atoms with E-state index in [2.05, 4.69) is 5.10 Å². The molecule has 0 bridgehead atoms. The van der Waals surface area contributed by atoms with E-state index in [1.165, 1.54) is 12.8 Å². The molecule has 0 unspecified atom stereocenters. The zero-order chi connectivity index (χ0) is 19.6. The molecule has 0 radical (unpaired) electrons. The van der Waals surface area contributed by atoms with E-state index in [1.807, 2.05) is 16.7 Å². The van der Waals surface area contributed by atoms with Crippen LogP contribution in [0.4, 0.5) is 0 Å². The smallest absolute Gasteiger partial charge is 0.257 e. The molecule has 1 aromatic rings. The Morgan fingerprint density at radius 1 is 1.11 bits per heavy atom. The predicted molar refractivity (Wildman–Crippen MR) is 105 cm³/mol. The molecule has 3 aliphatic rings. The molecule has 154 valence electrons. The summed E-state index contributed by atoms with van der Waals surface area (Å²) in [6, 6.07) is 0. The van der Waals surface area contributed by atoms with Gasteiger partial charge in [0, 0.05) is 51.4 Å². The van der Waals surface area contributed by atoms with Gasteiger partial charge in [0.05, 0.1) is 17.4 Å². The van der Waals surface area contributed by atoms with E-state index in [9.17, 15) is 9.59 Å². The number of rotatable bonds is 3. The molecule has 3 aliphatic heterocycles. The molecule has 3 saturated heterocycles. The van der Waals surface area contributed by atoms with Crippen molar-refractivity contribution < 1.29 is 14.3 Å². The first-order valence-corrected chi connectivity index (χ1v) is 10.8. The van der Waals surface area contributed by atoms with Crippen LogP contribution in [0.15, 0.2) is 12.4 Å². The number of likely N-dealkylation sites (tertiary alicyclic amines) is 2. The summed E-state index contributed by atoms with van der Waals surface area (Å²) in [5.41, 5.74) is 0.675. The predicted octanol–water partition coefficient (Wildman–Crippen LogP) is 2.32. The van der Waals surface area contributed by atoms with E-state index in [0.717, 1.165) is 58.3 Å². The standard InChI is InChI=1S/C21H32N4O3/c1-2-25-16-18(15-22-25)20(27)23-10-5-17(6-11-23)19(26)24-12-8-21(9-13-24)7-3-4-14-28-21/h15-17H,2-14H2,1H3. The SMILES string of the molecule is CCn1cc(C(=O)N2CCC(C(=O)N3CCC4(CCCCO4)CC3)CC2)cn1. The van der Waals surface area contributed by atoms with Crippen molar-refractivity contribution in [3.8, 4) is 0 Å². The second-order valence-electron chi connectivity index (χ2n) is 8.47. The van der Waals surface area contributed by atoms with Crippen LogP contribution >= 0.6 is 0 Å². The average Bonchev–Trinajstić information content (AvgIpc) is 3.23. The van der Waals surface area contributed by atoms with Crippen LogP contribution in [0.1, 0.15) is 62.2 Å². The van der Waals surface area contributed by atoms with Crippen LogP contribution in [0.3, 0.4) is 0 Å². The molecule has 7 nitrogen and oxygen atoms in total. The molecule has 0 atom stereocenters. The number of aromatic nitrogens is 2. The molecule has 0 aliphatic carbocycles. The van der Waals surface area contributed by atoms with Crippen LogP contribution in [-0.2, 0) is 16.1 Å². The first-order chi connectivity index (χ1) is 13.6. The molecule has 28 heavy (non-hydrogen) atoms. The maximum Gasteiger partial charge on any atom is 0.257 e. The minimum Gasteiger partial charge on any atom is -0.375 e. The highest BCUT2D eigenvalue weighted by Crippen LogP contribution is 2.35. The van der Waals surface area contributed by atoms with Gasteiger partial charge in [-0.3, -0.25) is 14.3 Å². The molecule has 1 spiro atoms. The summed E-state index contributed by atoms with van der Waals surface area (Å²) in [5.74, 6) is 0.347. The fourth-order valence-corrected chi connectivity index (χ4v) is 4.86. The van der Waals surface area contributed by atoms with Gasteiger partial charge in [0.15, 0.2) is 0 Å². The molecule has 7 heteroatoms. The van der Waals surface area contributed by atoms with Crippen LogP contribution in [0.2, 0.25) is 0 Å². The first-order valence-electron chi connectivity index (χ1n) is 10.8. The molecule has 2 amide bonds. The Morgan fingerprint density at radius 3 is 2.46 bits per heavy atom. The quantitative estimate of drug-likeness (QED) is 0.797. The Balaban J connectivity index is 1.26. The Hall–Kier alpha value is -1.89. The van der Waals surface area contributed by atoms with Gasteiger partial charge >= 0.3 is 0 Å². The van der Waals surface area contributed by atoms with Crippen molar-refractivity contribution in [1.29, 1.82) is 0 Å². The lowest BCUT2D eigenvalue weighted by Gasteiger charge is -2.45. The largest absolute Gasteiger partial charge is 0.375 e.